The molecule has 0 spiro atoms. The Labute approximate surface area is 175 Å². The van der Waals surface area contributed by atoms with Crippen LogP contribution in [0.4, 0.5) is 0 Å². The first-order valence-corrected chi connectivity index (χ1v) is 9.92. The number of amides is 2. The van der Waals surface area contributed by atoms with Gasteiger partial charge in [-0.05, 0) is 54.1 Å². The first-order chi connectivity index (χ1) is 13.5. The molecule has 1 aliphatic rings. The minimum atomic E-state index is -0.361. The second kappa shape index (κ2) is 7.87. The van der Waals surface area contributed by atoms with Crippen LogP contribution in [0.15, 0.2) is 81.1 Å². The normalized spacial score (nSPS) is 14.3. The maximum Gasteiger partial charge on any atom is 0.268 e. The van der Waals surface area contributed by atoms with Crippen LogP contribution in [0.5, 0.6) is 0 Å². The highest BCUT2D eigenvalue weighted by Gasteiger charge is 2.39. The van der Waals surface area contributed by atoms with Gasteiger partial charge >= 0.3 is 0 Å². The average Bonchev–Trinajstić information content (AvgIpc) is 3.28. The van der Waals surface area contributed by atoms with Crippen molar-refractivity contribution in [3.63, 3.8) is 0 Å². The number of furan rings is 1. The van der Waals surface area contributed by atoms with Crippen molar-refractivity contribution >= 4 is 52.4 Å². The number of benzene rings is 2. The molecule has 0 aliphatic carbocycles. The Morgan fingerprint density at radius 1 is 0.857 bits per heavy atom. The van der Waals surface area contributed by atoms with Crippen molar-refractivity contribution < 1.29 is 14.0 Å². The summed E-state index contributed by atoms with van der Waals surface area (Å²) in [5.41, 5.74) is 0.995. The molecular weight excluding hydrogens is 417 g/mol. The van der Waals surface area contributed by atoms with Crippen LogP contribution in [-0.4, -0.2) is 16.7 Å². The lowest BCUT2D eigenvalue weighted by Gasteiger charge is -2.13. The Balaban J connectivity index is 1.74. The molecule has 2 aromatic carbocycles. The molecule has 0 unspecified atom stereocenters. The Bertz CT molecular complexity index is 1060. The Morgan fingerprint density at radius 2 is 1.50 bits per heavy atom. The molecule has 1 aromatic heterocycles. The zero-order valence-corrected chi connectivity index (χ0v) is 16.7. The van der Waals surface area contributed by atoms with Crippen molar-refractivity contribution in [2.45, 2.75) is 11.4 Å². The molecule has 0 radical (unpaired) electrons. The van der Waals surface area contributed by atoms with Gasteiger partial charge in [-0.2, -0.15) is 0 Å². The van der Waals surface area contributed by atoms with Gasteiger partial charge < -0.3 is 4.42 Å². The molecule has 7 heteroatoms. The lowest BCUT2D eigenvalue weighted by Crippen LogP contribution is -2.30. The van der Waals surface area contributed by atoms with Crippen molar-refractivity contribution in [1.82, 2.24) is 4.90 Å². The Morgan fingerprint density at radius 3 is 2.11 bits per heavy atom. The third kappa shape index (κ3) is 3.74. The van der Waals surface area contributed by atoms with Gasteiger partial charge in [0.15, 0.2) is 0 Å². The van der Waals surface area contributed by atoms with Crippen LogP contribution in [0.1, 0.15) is 11.3 Å². The fourth-order valence-corrected chi connectivity index (χ4v) is 4.11. The van der Waals surface area contributed by atoms with E-state index in [4.69, 9.17) is 27.6 Å². The Hall–Kier alpha value is -2.47. The van der Waals surface area contributed by atoms with Gasteiger partial charge in [0.25, 0.3) is 11.8 Å². The molecule has 3 aromatic rings. The number of thioether (sulfide) groups is 1. The largest absolute Gasteiger partial charge is 0.467 e. The molecular formula is C21H13Cl2NO3S. The van der Waals surface area contributed by atoms with Gasteiger partial charge in [0.05, 0.1) is 23.3 Å². The lowest BCUT2D eigenvalue weighted by atomic mass is 10.1. The topological polar surface area (TPSA) is 50.5 Å². The summed E-state index contributed by atoms with van der Waals surface area (Å²) in [6.07, 6.45) is 1.51. The third-order valence-corrected chi connectivity index (χ3v) is 5.78. The van der Waals surface area contributed by atoms with E-state index in [1.54, 1.807) is 48.5 Å². The second-order valence-corrected chi connectivity index (χ2v) is 8.00. The number of carbonyl (C=O) groups is 2. The monoisotopic (exact) mass is 429 g/mol. The molecule has 0 saturated heterocycles. The maximum absolute atomic E-state index is 13.1. The minimum Gasteiger partial charge on any atom is -0.467 e. The highest BCUT2D eigenvalue weighted by atomic mass is 35.5. The summed E-state index contributed by atoms with van der Waals surface area (Å²) in [5.74, 6) is -0.179. The van der Waals surface area contributed by atoms with E-state index in [-0.39, 0.29) is 18.4 Å². The van der Waals surface area contributed by atoms with Gasteiger partial charge in [0.2, 0.25) is 0 Å². The van der Waals surface area contributed by atoms with Gasteiger partial charge in [0.1, 0.15) is 5.76 Å². The highest BCUT2D eigenvalue weighted by molar-refractivity contribution is 8.04. The van der Waals surface area contributed by atoms with E-state index in [9.17, 15) is 9.59 Å². The van der Waals surface area contributed by atoms with Crippen LogP contribution < -0.4 is 0 Å². The van der Waals surface area contributed by atoms with Gasteiger partial charge in [-0.3, -0.25) is 14.5 Å². The number of rotatable bonds is 5. The number of hydrogen-bond acceptors (Lipinski definition) is 4. The third-order valence-electron chi connectivity index (χ3n) is 4.19. The summed E-state index contributed by atoms with van der Waals surface area (Å²) < 4.78 is 5.31. The average molecular weight is 430 g/mol. The summed E-state index contributed by atoms with van der Waals surface area (Å²) in [5, 5.41) is 1.16. The molecule has 2 heterocycles. The fourth-order valence-electron chi connectivity index (χ4n) is 2.84. The van der Waals surface area contributed by atoms with Crippen molar-refractivity contribution in [3.05, 3.63) is 93.2 Å². The van der Waals surface area contributed by atoms with Crippen molar-refractivity contribution in [1.29, 1.82) is 0 Å². The SMILES string of the molecule is O=C1C(Sc2ccc(Cl)cc2)=C(c2ccc(Cl)cc2)C(=O)N1Cc1ccco1. The zero-order valence-electron chi connectivity index (χ0n) is 14.4. The zero-order chi connectivity index (χ0) is 19.7. The molecule has 0 atom stereocenters. The summed E-state index contributed by atoms with van der Waals surface area (Å²) in [7, 11) is 0. The number of nitrogens with zero attached hydrogens (tertiary/aromatic N) is 1. The number of hydrogen-bond donors (Lipinski definition) is 0. The van der Waals surface area contributed by atoms with Crippen LogP contribution in [0, 0.1) is 0 Å². The first-order valence-electron chi connectivity index (χ1n) is 8.35. The number of halogens is 2. The van der Waals surface area contributed by atoms with Crippen molar-refractivity contribution in [3.8, 4) is 0 Å². The van der Waals surface area contributed by atoms with E-state index >= 15 is 0 Å². The Kier molecular flexibility index (Phi) is 5.31. The molecule has 0 N–H and O–H groups in total. The molecule has 0 saturated carbocycles. The molecule has 4 rings (SSSR count). The van der Waals surface area contributed by atoms with Gasteiger partial charge in [-0.15, -0.1) is 0 Å². The predicted octanol–water partition coefficient (Wildman–Crippen LogP) is 5.66. The van der Waals surface area contributed by atoms with Crippen LogP contribution in [0.2, 0.25) is 10.0 Å². The number of imide groups is 1. The summed E-state index contributed by atoms with van der Waals surface area (Å²) >= 11 is 13.2. The molecule has 140 valence electrons. The van der Waals surface area contributed by atoms with Gasteiger partial charge in [-0.25, -0.2) is 0 Å². The van der Waals surface area contributed by atoms with Crippen LogP contribution in [0.25, 0.3) is 5.57 Å². The van der Waals surface area contributed by atoms with Crippen LogP contribution >= 0.6 is 35.0 Å². The summed E-state index contributed by atoms with van der Waals surface area (Å²) in [6.45, 7) is 0.0758. The van der Waals surface area contributed by atoms with E-state index < -0.39 is 0 Å². The van der Waals surface area contributed by atoms with Crippen LogP contribution in [0.3, 0.4) is 0 Å². The van der Waals surface area contributed by atoms with Gasteiger partial charge in [0, 0.05) is 14.9 Å². The molecule has 0 bridgehead atoms. The van der Waals surface area contributed by atoms with E-state index in [0.717, 1.165) is 4.90 Å². The second-order valence-electron chi connectivity index (χ2n) is 6.04. The van der Waals surface area contributed by atoms with Crippen molar-refractivity contribution in [2.75, 3.05) is 0 Å². The quantitative estimate of drug-likeness (QED) is 0.491. The van der Waals surface area contributed by atoms with E-state index in [0.29, 0.717) is 31.8 Å². The fraction of sp³-hybridized carbons (Fsp3) is 0.0476. The molecule has 0 fully saturated rings. The minimum absolute atomic E-state index is 0.0758. The summed E-state index contributed by atoms with van der Waals surface area (Å²) in [6, 6.07) is 17.4. The van der Waals surface area contributed by atoms with E-state index in [1.807, 2.05) is 12.1 Å². The predicted molar refractivity (Wildman–Crippen MR) is 110 cm³/mol. The van der Waals surface area contributed by atoms with Gasteiger partial charge in [-0.1, -0.05) is 47.1 Å². The maximum atomic E-state index is 13.1. The molecule has 4 nitrogen and oxygen atoms in total. The van der Waals surface area contributed by atoms with E-state index in [1.165, 1.54) is 22.9 Å². The molecule has 2 amide bonds. The highest BCUT2D eigenvalue weighted by Crippen LogP contribution is 2.40. The first kappa shape index (κ1) is 18.9. The molecule has 1 aliphatic heterocycles. The standard InChI is InChI=1S/C21H13Cl2NO3S/c22-14-5-3-13(4-6-14)18-19(28-17-9-7-15(23)8-10-17)21(26)24(20(18)25)12-16-2-1-11-27-16/h1-11H,12H2. The smallest absolute Gasteiger partial charge is 0.268 e. The molecule has 28 heavy (non-hydrogen) atoms. The lowest BCUT2D eigenvalue weighted by molar-refractivity contribution is -0.137. The summed E-state index contributed by atoms with van der Waals surface area (Å²) in [4.78, 5) is 28.6. The van der Waals surface area contributed by atoms with E-state index in [2.05, 4.69) is 0 Å². The van der Waals surface area contributed by atoms with Crippen LogP contribution in [-0.2, 0) is 16.1 Å². The number of carbonyl (C=O) groups excluding carboxylic acids is 2. The van der Waals surface area contributed by atoms with Crippen molar-refractivity contribution in [2.24, 2.45) is 0 Å².